The number of carboxylic acid groups (broad SMARTS) is 1. The van der Waals surface area contributed by atoms with Crippen molar-refractivity contribution in [2.24, 2.45) is 5.92 Å². The third kappa shape index (κ3) is 7.45. The van der Waals surface area contributed by atoms with Crippen molar-refractivity contribution in [3.05, 3.63) is 89.1 Å². The van der Waals surface area contributed by atoms with Crippen LogP contribution in [0.25, 0.3) is 10.8 Å². The smallest absolute Gasteiger partial charge is 0.326 e. The number of pyridine rings is 1. The van der Waals surface area contributed by atoms with Crippen molar-refractivity contribution >= 4 is 22.6 Å². The fourth-order valence-corrected chi connectivity index (χ4v) is 5.73. The zero-order valence-electron chi connectivity index (χ0n) is 25.8. The summed E-state index contributed by atoms with van der Waals surface area (Å²) >= 11 is 0. The summed E-state index contributed by atoms with van der Waals surface area (Å²) in [4.78, 5) is 30.3. The molecule has 2 aromatic heterocycles. The summed E-state index contributed by atoms with van der Waals surface area (Å²) in [6.07, 6.45) is 5.49. The Hall–Kier alpha value is -4.13. The van der Waals surface area contributed by atoms with Crippen molar-refractivity contribution in [1.82, 2.24) is 10.3 Å². The number of benzene rings is 2. The molecule has 1 fully saturated rings. The van der Waals surface area contributed by atoms with Gasteiger partial charge in [-0.3, -0.25) is 4.79 Å². The molecule has 2 heterocycles. The predicted octanol–water partition coefficient (Wildman–Crippen LogP) is 8.20. The molecule has 5 rings (SSSR count). The topological polar surface area (TPSA) is 102 Å². The number of carboxylic acids is 1. The maximum Gasteiger partial charge on any atom is 0.326 e. The monoisotopic (exact) mass is 582 g/mol. The highest BCUT2D eigenvalue weighted by Gasteiger charge is 2.25. The summed E-state index contributed by atoms with van der Waals surface area (Å²) < 4.78 is 12.0. The normalized spacial score (nSPS) is 14.7. The first kappa shape index (κ1) is 30.3. The van der Waals surface area contributed by atoms with E-state index < -0.39 is 17.9 Å². The Morgan fingerprint density at radius 3 is 2.33 bits per heavy atom. The molecule has 1 aliphatic rings. The molecule has 1 unspecified atom stereocenters. The van der Waals surface area contributed by atoms with Crippen molar-refractivity contribution in [1.29, 1.82) is 0 Å². The summed E-state index contributed by atoms with van der Waals surface area (Å²) in [5.74, 6) is 1.81. The predicted molar refractivity (Wildman–Crippen MR) is 168 cm³/mol. The second-order valence-electron chi connectivity index (χ2n) is 13.1. The summed E-state index contributed by atoms with van der Waals surface area (Å²) in [7, 11) is 0. The lowest BCUT2D eigenvalue weighted by atomic mass is 9.87. The van der Waals surface area contributed by atoms with Crippen LogP contribution in [0.3, 0.4) is 0 Å². The summed E-state index contributed by atoms with van der Waals surface area (Å²) in [5.41, 5.74) is 2.34. The number of rotatable bonds is 10. The van der Waals surface area contributed by atoms with Crippen LogP contribution in [-0.4, -0.2) is 28.0 Å². The Kier molecular flexibility index (Phi) is 8.90. The first-order valence-electron chi connectivity index (χ1n) is 15.3. The zero-order valence-corrected chi connectivity index (χ0v) is 25.8. The molecule has 7 nitrogen and oxygen atoms in total. The molecule has 4 aromatic rings. The molecule has 2 N–H and O–H groups in total. The molecule has 1 atom stereocenters. The molecule has 7 heteroatoms. The van der Waals surface area contributed by atoms with E-state index in [2.05, 4.69) is 38.2 Å². The van der Waals surface area contributed by atoms with Crippen LogP contribution >= 0.6 is 0 Å². The standard InChI is InChI=1S/C36H42N2O5/c1-22(2)33-17-16-28(43-33)21-32(35(40)41)38-34(39)31-19-24-10-13-27(42-26-14-11-25(12-15-26)36(3,4)5)20-29(24)30(37-31)18-23-8-6-7-9-23/h10-17,19-20,22-23,32H,6-9,18,21H2,1-5H3,(H,38,39)(H,40,41). The Bertz CT molecular complexity index is 1590. The Morgan fingerprint density at radius 2 is 1.70 bits per heavy atom. The van der Waals surface area contributed by atoms with Gasteiger partial charge in [0.05, 0.1) is 0 Å². The number of hydrogen-bond donors (Lipinski definition) is 2. The van der Waals surface area contributed by atoms with Crippen molar-refractivity contribution in [2.75, 3.05) is 0 Å². The number of ether oxygens (including phenoxy) is 1. The van der Waals surface area contributed by atoms with E-state index in [9.17, 15) is 14.7 Å². The molecule has 0 radical (unpaired) electrons. The number of carbonyl (C=O) groups excluding carboxylic acids is 1. The van der Waals surface area contributed by atoms with Crippen molar-refractivity contribution in [3.63, 3.8) is 0 Å². The van der Waals surface area contributed by atoms with Crippen molar-refractivity contribution < 1.29 is 23.8 Å². The van der Waals surface area contributed by atoms with Crippen LogP contribution in [0.2, 0.25) is 0 Å². The molecule has 0 saturated heterocycles. The number of carbonyl (C=O) groups is 2. The maximum absolute atomic E-state index is 13.4. The number of aliphatic carboxylic acids is 1. The Morgan fingerprint density at radius 1 is 1.00 bits per heavy atom. The van der Waals surface area contributed by atoms with Crippen LogP contribution in [0.4, 0.5) is 0 Å². The number of nitrogens with zero attached hydrogens (tertiary/aromatic N) is 1. The number of hydrogen-bond acceptors (Lipinski definition) is 5. The molecule has 0 bridgehead atoms. The lowest BCUT2D eigenvalue weighted by Gasteiger charge is -2.19. The largest absolute Gasteiger partial charge is 0.480 e. The Labute approximate surface area is 253 Å². The van der Waals surface area contributed by atoms with E-state index in [4.69, 9.17) is 14.1 Å². The lowest BCUT2D eigenvalue weighted by Crippen LogP contribution is -2.42. The zero-order chi connectivity index (χ0) is 30.7. The van der Waals surface area contributed by atoms with Gasteiger partial charge in [0.25, 0.3) is 5.91 Å². The van der Waals surface area contributed by atoms with Gasteiger partial charge in [0.15, 0.2) is 0 Å². The molecule has 2 aromatic carbocycles. The molecule has 0 spiro atoms. The van der Waals surface area contributed by atoms with Gasteiger partial charge in [0.1, 0.15) is 34.8 Å². The molecule has 1 saturated carbocycles. The highest BCUT2D eigenvalue weighted by molar-refractivity contribution is 5.99. The minimum Gasteiger partial charge on any atom is -0.480 e. The van der Waals surface area contributed by atoms with Gasteiger partial charge in [-0.05, 0) is 71.2 Å². The van der Waals surface area contributed by atoms with E-state index in [1.165, 1.54) is 18.4 Å². The first-order valence-corrected chi connectivity index (χ1v) is 15.3. The highest BCUT2D eigenvalue weighted by Crippen LogP contribution is 2.33. The average Bonchev–Trinajstić information content (AvgIpc) is 3.65. The molecule has 43 heavy (non-hydrogen) atoms. The van der Waals surface area contributed by atoms with Crippen LogP contribution in [0, 0.1) is 5.92 Å². The van der Waals surface area contributed by atoms with Gasteiger partial charge in [-0.25, -0.2) is 9.78 Å². The van der Waals surface area contributed by atoms with Crippen LogP contribution in [0.1, 0.15) is 99.5 Å². The molecule has 226 valence electrons. The van der Waals surface area contributed by atoms with Gasteiger partial charge in [0.2, 0.25) is 0 Å². The van der Waals surface area contributed by atoms with Gasteiger partial charge in [-0.2, -0.15) is 0 Å². The minimum atomic E-state index is -1.14. The molecule has 1 aliphatic carbocycles. The van der Waals surface area contributed by atoms with Crippen LogP contribution in [0.5, 0.6) is 11.5 Å². The number of fused-ring (bicyclic) bond motifs is 1. The van der Waals surface area contributed by atoms with E-state index in [-0.39, 0.29) is 23.4 Å². The van der Waals surface area contributed by atoms with Crippen LogP contribution in [-0.2, 0) is 23.1 Å². The second kappa shape index (κ2) is 12.6. The number of amides is 1. The van der Waals surface area contributed by atoms with Gasteiger partial charge >= 0.3 is 5.97 Å². The number of aromatic nitrogens is 1. The van der Waals surface area contributed by atoms with E-state index in [0.717, 1.165) is 47.2 Å². The molecule has 1 amide bonds. The average molecular weight is 583 g/mol. The highest BCUT2D eigenvalue weighted by atomic mass is 16.5. The van der Waals surface area contributed by atoms with Gasteiger partial charge in [0, 0.05) is 23.4 Å². The number of furan rings is 1. The fourth-order valence-electron chi connectivity index (χ4n) is 5.73. The first-order chi connectivity index (χ1) is 20.5. The maximum atomic E-state index is 13.4. The number of nitrogens with one attached hydrogen (secondary N) is 1. The van der Waals surface area contributed by atoms with Crippen LogP contribution < -0.4 is 10.1 Å². The molecular formula is C36H42N2O5. The van der Waals surface area contributed by atoms with Gasteiger partial charge < -0.3 is 19.6 Å². The fraction of sp³-hybridized carbons (Fsp3) is 0.417. The SMILES string of the molecule is CC(C)c1ccc(CC(NC(=O)c2cc3ccc(Oc4ccc(C(C)(C)C)cc4)cc3c(CC3CCCC3)n2)C(=O)O)o1. The summed E-state index contributed by atoms with van der Waals surface area (Å²) in [6, 6.07) is 18.2. The van der Waals surface area contributed by atoms with E-state index in [1.54, 1.807) is 12.1 Å². The van der Waals surface area contributed by atoms with E-state index in [1.807, 2.05) is 50.2 Å². The Balaban J connectivity index is 1.41. The van der Waals surface area contributed by atoms with Gasteiger partial charge in [-0.15, -0.1) is 0 Å². The minimum absolute atomic E-state index is 0.0493. The third-order valence-corrected chi connectivity index (χ3v) is 8.29. The lowest BCUT2D eigenvalue weighted by molar-refractivity contribution is -0.139. The molecular weight excluding hydrogens is 540 g/mol. The third-order valence-electron chi connectivity index (χ3n) is 8.29. The summed E-state index contributed by atoms with van der Waals surface area (Å²) in [6.45, 7) is 10.6. The quantitative estimate of drug-likeness (QED) is 0.195. The van der Waals surface area contributed by atoms with Crippen molar-refractivity contribution in [3.8, 4) is 11.5 Å². The molecule has 0 aliphatic heterocycles. The van der Waals surface area contributed by atoms with Gasteiger partial charge in [-0.1, -0.05) is 78.5 Å². The summed E-state index contributed by atoms with van der Waals surface area (Å²) in [5, 5.41) is 14.4. The second-order valence-corrected chi connectivity index (χ2v) is 13.1. The van der Waals surface area contributed by atoms with Crippen LogP contribution in [0.15, 0.2) is 65.1 Å². The van der Waals surface area contributed by atoms with E-state index >= 15 is 0 Å². The van der Waals surface area contributed by atoms with Crippen molar-refractivity contribution in [2.45, 2.75) is 90.5 Å². The van der Waals surface area contributed by atoms with E-state index in [0.29, 0.717) is 17.4 Å².